The Bertz CT molecular complexity index is 746. The minimum absolute atomic E-state index is 0.148. The van der Waals surface area contributed by atoms with Gasteiger partial charge in [0.2, 0.25) is 5.89 Å². The molecule has 0 atom stereocenters. The number of halogens is 2. The van der Waals surface area contributed by atoms with Crippen LogP contribution in [-0.2, 0) is 6.54 Å². The fraction of sp³-hybridized carbons (Fsp3) is 0.312. The van der Waals surface area contributed by atoms with Crippen LogP contribution in [0.4, 0.5) is 0 Å². The van der Waals surface area contributed by atoms with Gasteiger partial charge < -0.3 is 14.6 Å². The highest BCUT2D eigenvalue weighted by atomic mass is 35.5. The number of hydrogen-bond donors (Lipinski definition) is 1. The zero-order valence-corrected chi connectivity index (χ0v) is 14.8. The normalized spacial score (nSPS) is 10.5. The van der Waals surface area contributed by atoms with Gasteiger partial charge in [0.25, 0.3) is 11.8 Å². The van der Waals surface area contributed by atoms with Crippen LogP contribution in [0, 0.1) is 0 Å². The third-order valence-corrected chi connectivity index (χ3v) is 4.02. The number of hydrogen-bond acceptors (Lipinski definition) is 4. The van der Waals surface area contributed by atoms with Gasteiger partial charge in [-0.2, -0.15) is 0 Å². The van der Waals surface area contributed by atoms with Gasteiger partial charge in [0.05, 0.1) is 16.6 Å². The summed E-state index contributed by atoms with van der Waals surface area (Å²) in [6.07, 6.45) is 1.28. The number of rotatable bonds is 6. The van der Waals surface area contributed by atoms with E-state index in [1.807, 2.05) is 13.8 Å². The molecule has 1 N–H and O–H groups in total. The Morgan fingerprint density at radius 1 is 1.25 bits per heavy atom. The lowest BCUT2D eigenvalue weighted by atomic mass is 10.2. The van der Waals surface area contributed by atoms with E-state index < -0.39 is 0 Å². The maximum absolute atomic E-state index is 12.6. The van der Waals surface area contributed by atoms with E-state index in [1.165, 1.54) is 17.2 Å². The summed E-state index contributed by atoms with van der Waals surface area (Å²) in [5.41, 5.74) is 0.603. The number of carbonyl (C=O) groups excluding carboxylic acids is 2. The molecule has 0 aliphatic heterocycles. The molecule has 8 heteroatoms. The van der Waals surface area contributed by atoms with Gasteiger partial charge in [-0.25, -0.2) is 4.98 Å². The first-order chi connectivity index (χ1) is 11.5. The van der Waals surface area contributed by atoms with E-state index in [0.717, 1.165) is 0 Å². The Morgan fingerprint density at radius 3 is 2.62 bits per heavy atom. The molecule has 1 heterocycles. The minimum Gasteiger partial charge on any atom is -0.446 e. The van der Waals surface area contributed by atoms with E-state index in [9.17, 15) is 9.59 Å². The summed E-state index contributed by atoms with van der Waals surface area (Å²) in [6, 6.07) is 4.70. The Balaban J connectivity index is 2.12. The van der Waals surface area contributed by atoms with Crippen LogP contribution in [0.5, 0.6) is 0 Å². The second-order valence-corrected chi connectivity index (χ2v) is 5.75. The summed E-state index contributed by atoms with van der Waals surface area (Å²) in [4.78, 5) is 29.9. The summed E-state index contributed by atoms with van der Waals surface area (Å²) >= 11 is 11.8. The van der Waals surface area contributed by atoms with Crippen molar-refractivity contribution in [1.29, 1.82) is 0 Å². The Labute approximate surface area is 149 Å². The van der Waals surface area contributed by atoms with Crippen molar-refractivity contribution in [2.75, 3.05) is 13.1 Å². The van der Waals surface area contributed by atoms with E-state index in [1.54, 1.807) is 12.1 Å². The molecular formula is C16H17Cl2N3O3. The number of nitrogens with one attached hydrogen (secondary N) is 1. The second-order valence-electron chi connectivity index (χ2n) is 4.93. The molecule has 1 aromatic heterocycles. The zero-order chi connectivity index (χ0) is 17.7. The predicted molar refractivity (Wildman–Crippen MR) is 91.4 cm³/mol. The molecule has 0 bridgehead atoms. The standard InChI is InChI=1S/C16H17Cl2N3O3/c1-3-19-15(22)13-9-24-14(20-13)8-21(4-2)16(23)10-5-6-11(17)12(18)7-10/h5-7,9H,3-4,8H2,1-2H3,(H,19,22). The van der Waals surface area contributed by atoms with E-state index in [4.69, 9.17) is 27.6 Å². The van der Waals surface area contributed by atoms with Gasteiger partial charge in [0.1, 0.15) is 6.26 Å². The van der Waals surface area contributed by atoms with E-state index in [0.29, 0.717) is 28.7 Å². The van der Waals surface area contributed by atoms with Crippen LogP contribution in [0.2, 0.25) is 10.0 Å². The van der Waals surface area contributed by atoms with Crippen molar-refractivity contribution in [3.63, 3.8) is 0 Å². The molecule has 1 aromatic carbocycles. The molecule has 0 saturated carbocycles. The third-order valence-electron chi connectivity index (χ3n) is 3.28. The molecule has 24 heavy (non-hydrogen) atoms. The average Bonchev–Trinajstić information content (AvgIpc) is 3.03. The van der Waals surface area contributed by atoms with Crippen LogP contribution >= 0.6 is 23.2 Å². The molecule has 2 aromatic rings. The highest BCUT2D eigenvalue weighted by Crippen LogP contribution is 2.23. The van der Waals surface area contributed by atoms with Crippen molar-refractivity contribution in [3.05, 3.63) is 51.7 Å². The summed E-state index contributed by atoms with van der Waals surface area (Å²) in [7, 11) is 0. The first-order valence-electron chi connectivity index (χ1n) is 7.43. The number of benzene rings is 1. The van der Waals surface area contributed by atoms with Gasteiger partial charge >= 0.3 is 0 Å². The van der Waals surface area contributed by atoms with Crippen molar-refractivity contribution >= 4 is 35.0 Å². The minimum atomic E-state index is -0.314. The van der Waals surface area contributed by atoms with Crippen molar-refractivity contribution in [2.24, 2.45) is 0 Å². The lowest BCUT2D eigenvalue weighted by Gasteiger charge is -2.19. The Hall–Kier alpha value is -2.05. The van der Waals surface area contributed by atoms with Gasteiger partial charge in [0.15, 0.2) is 5.69 Å². The van der Waals surface area contributed by atoms with Crippen LogP contribution < -0.4 is 5.32 Å². The van der Waals surface area contributed by atoms with E-state index in [-0.39, 0.29) is 29.9 Å². The van der Waals surface area contributed by atoms with Crippen molar-refractivity contribution < 1.29 is 14.0 Å². The fourth-order valence-corrected chi connectivity index (χ4v) is 2.34. The topological polar surface area (TPSA) is 75.4 Å². The highest BCUT2D eigenvalue weighted by Gasteiger charge is 2.19. The zero-order valence-electron chi connectivity index (χ0n) is 13.3. The fourth-order valence-electron chi connectivity index (χ4n) is 2.04. The van der Waals surface area contributed by atoms with Gasteiger partial charge in [-0.3, -0.25) is 9.59 Å². The highest BCUT2D eigenvalue weighted by molar-refractivity contribution is 6.42. The number of amides is 2. The lowest BCUT2D eigenvalue weighted by molar-refractivity contribution is 0.0738. The number of aromatic nitrogens is 1. The molecule has 0 aliphatic carbocycles. The quantitative estimate of drug-likeness (QED) is 0.846. The lowest BCUT2D eigenvalue weighted by Crippen LogP contribution is -2.30. The van der Waals surface area contributed by atoms with Crippen molar-refractivity contribution in [2.45, 2.75) is 20.4 Å². The molecular weight excluding hydrogens is 353 g/mol. The van der Waals surface area contributed by atoms with Crippen LogP contribution in [0.25, 0.3) is 0 Å². The molecule has 128 valence electrons. The predicted octanol–water partition coefficient (Wildman–Crippen LogP) is 3.39. The van der Waals surface area contributed by atoms with Crippen molar-refractivity contribution in [3.8, 4) is 0 Å². The number of nitrogens with zero attached hydrogens (tertiary/aromatic N) is 2. The Morgan fingerprint density at radius 2 is 2.00 bits per heavy atom. The van der Waals surface area contributed by atoms with Crippen LogP contribution in [-0.4, -0.2) is 34.8 Å². The van der Waals surface area contributed by atoms with Crippen molar-refractivity contribution in [1.82, 2.24) is 15.2 Å². The SMILES string of the molecule is CCNC(=O)c1coc(CN(CC)C(=O)c2ccc(Cl)c(Cl)c2)n1. The molecule has 0 fully saturated rings. The number of oxazole rings is 1. The first-order valence-corrected chi connectivity index (χ1v) is 8.18. The maximum atomic E-state index is 12.6. The molecule has 0 saturated heterocycles. The molecule has 0 spiro atoms. The third kappa shape index (κ3) is 4.27. The maximum Gasteiger partial charge on any atom is 0.273 e. The largest absolute Gasteiger partial charge is 0.446 e. The van der Waals surface area contributed by atoms with Gasteiger partial charge in [-0.15, -0.1) is 0 Å². The molecule has 2 amide bonds. The summed E-state index contributed by atoms with van der Waals surface area (Å²) in [5.74, 6) is -0.258. The molecule has 0 aliphatic rings. The van der Waals surface area contributed by atoms with E-state index in [2.05, 4.69) is 10.3 Å². The molecule has 2 rings (SSSR count). The summed E-state index contributed by atoms with van der Waals surface area (Å²) in [5, 5.41) is 3.33. The first kappa shape index (κ1) is 18.3. The van der Waals surface area contributed by atoms with Gasteiger partial charge in [0, 0.05) is 18.7 Å². The van der Waals surface area contributed by atoms with Crippen LogP contribution in [0.15, 0.2) is 28.9 Å². The van der Waals surface area contributed by atoms with Crippen LogP contribution in [0.3, 0.4) is 0 Å². The molecule has 0 radical (unpaired) electrons. The average molecular weight is 370 g/mol. The molecule has 0 unspecified atom stereocenters. The second kappa shape index (κ2) is 8.17. The summed E-state index contributed by atoms with van der Waals surface area (Å²) in [6.45, 7) is 4.74. The number of carbonyl (C=O) groups is 2. The van der Waals surface area contributed by atoms with Gasteiger partial charge in [-0.05, 0) is 32.0 Å². The van der Waals surface area contributed by atoms with Gasteiger partial charge in [-0.1, -0.05) is 23.2 Å². The van der Waals surface area contributed by atoms with Crippen LogP contribution in [0.1, 0.15) is 40.6 Å². The Kier molecular flexibility index (Phi) is 6.23. The summed E-state index contributed by atoms with van der Waals surface area (Å²) < 4.78 is 5.28. The monoisotopic (exact) mass is 369 g/mol. The van der Waals surface area contributed by atoms with E-state index >= 15 is 0 Å². The smallest absolute Gasteiger partial charge is 0.273 e. The molecule has 6 nitrogen and oxygen atoms in total.